The van der Waals surface area contributed by atoms with Crippen molar-refractivity contribution in [1.82, 2.24) is 4.31 Å². The monoisotopic (exact) mass is 629 g/mol. The zero-order valence-corrected chi connectivity index (χ0v) is 21.3. The molecule has 0 unspecified atom stereocenters. The first-order chi connectivity index (χ1) is 10.8. The van der Waals surface area contributed by atoms with Crippen LogP contribution >= 0.6 is 11.9 Å². The van der Waals surface area contributed by atoms with Gasteiger partial charge in [-0.1, -0.05) is 30.7 Å². The number of carbonyl (C=O) groups is 1. The summed E-state index contributed by atoms with van der Waals surface area (Å²) in [4.78, 5) is 9.90. The summed E-state index contributed by atoms with van der Waals surface area (Å²) in [5, 5.41) is 0. The van der Waals surface area contributed by atoms with E-state index in [0.29, 0.717) is 6.61 Å². The molecule has 0 spiro atoms. The van der Waals surface area contributed by atoms with Gasteiger partial charge in [-0.2, -0.15) is 0 Å². The van der Waals surface area contributed by atoms with Gasteiger partial charge in [0, 0.05) is 25.1 Å². The van der Waals surface area contributed by atoms with E-state index in [-0.39, 0.29) is 49.7 Å². The van der Waals surface area contributed by atoms with Gasteiger partial charge in [0.2, 0.25) is 6.09 Å². The predicted molar refractivity (Wildman–Crippen MR) is 91.8 cm³/mol. The third-order valence-corrected chi connectivity index (χ3v) is 3.48. The van der Waals surface area contributed by atoms with Crippen molar-refractivity contribution in [3.8, 4) is 5.75 Å². The molecule has 1 aliphatic heterocycles. The Labute approximate surface area is 190 Å². The number of carbonyl (C=O) groups excluding carboxylic acids is 1. The molecular formula is C16H24N2O4SUV. The van der Waals surface area contributed by atoms with Crippen LogP contribution in [0.25, 0.3) is 5.73 Å². The van der Waals surface area contributed by atoms with E-state index < -0.39 is 11.7 Å². The standard InChI is InChI=1S/C11H14NO2S.C5H11NO2.U.V/c1-13-11-4-2-10(3-5-11)8-12-6-7-14-9-15-12;1-5(2,3)8-4(6)7;;/h2-6H,7-9H2,1H3;1-3H3,(H2,6,7);;/q-1;;+2;/p-1. The van der Waals surface area contributed by atoms with Crippen molar-refractivity contribution in [2.45, 2.75) is 32.9 Å². The maximum Gasteiger partial charge on any atom is 2.00 e. The number of rotatable bonds is 3. The van der Waals surface area contributed by atoms with E-state index >= 15 is 0 Å². The first-order valence-electron chi connectivity index (χ1n) is 7.18. The van der Waals surface area contributed by atoms with Crippen LogP contribution in [0, 0.1) is 37.7 Å². The summed E-state index contributed by atoms with van der Waals surface area (Å²) in [7, 11) is 1.68. The fourth-order valence-corrected chi connectivity index (χ4v) is 2.35. The predicted octanol–water partition coefficient (Wildman–Crippen LogP) is 4.27. The molecule has 0 saturated carbocycles. The molecule has 0 bridgehead atoms. The number of ether oxygens (including phenoxy) is 3. The Hall–Kier alpha value is 0.196. The minimum atomic E-state index is -0.975. The summed E-state index contributed by atoms with van der Waals surface area (Å²) < 4.78 is 17.0. The molecule has 1 radical (unpaired) electrons. The molecule has 1 aliphatic rings. The maximum absolute atomic E-state index is 9.90. The molecule has 1 amide bonds. The van der Waals surface area contributed by atoms with Crippen LogP contribution in [0.4, 0.5) is 4.79 Å². The van der Waals surface area contributed by atoms with Crippen LogP contribution in [-0.2, 0) is 34.6 Å². The minimum absolute atomic E-state index is 0. The average Bonchev–Trinajstić information content (AvgIpc) is 2.47. The van der Waals surface area contributed by atoms with E-state index in [9.17, 15) is 4.79 Å². The molecule has 1 saturated heterocycles. The summed E-state index contributed by atoms with van der Waals surface area (Å²) in [5.41, 5.74) is 7.14. The zero-order valence-electron chi connectivity index (χ0n) is 14.9. The Morgan fingerprint density at radius 1 is 1.36 bits per heavy atom. The molecule has 137 valence electrons. The van der Waals surface area contributed by atoms with E-state index in [0.717, 1.165) is 18.2 Å². The van der Waals surface area contributed by atoms with Crippen molar-refractivity contribution in [3.63, 3.8) is 0 Å². The van der Waals surface area contributed by atoms with E-state index in [2.05, 4.69) is 27.7 Å². The molecule has 9 heteroatoms. The Bertz CT molecular complexity index is 480. The van der Waals surface area contributed by atoms with Crippen LogP contribution in [0.15, 0.2) is 24.3 Å². The first kappa shape index (κ1) is 27.4. The van der Waals surface area contributed by atoms with Crippen LogP contribution in [0.2, 0.25) is 0 Å². The molecular weight excluding hydrogens is 605 g/mol. The molecule has 1 aromatic rings. The molecule has 0 atom stereocenters. The van der Waals surface area contributed by atoms with Crippen molar-refractivity contribution >= 4 is 18.0 Å². The second-order valence-corrected chi connectivity index (χ2v) is 6.69. The third kappa shape index (κ3) is 14.0. The van der Waals surface area contributed by atoms with Crippen molar-refractivity contribution < 1.29 is 68.7 Å². The van der Waals surface area contributed by atoms with Gasteiger partial charge in [-0.05, 0) is 38.5 Å². The second kappa shape index (κ2) is 14.3. The zero-order chi connectivity index (χ0) is 17.3. The summed E-state index contributed by atoms with van der Waals surface area (Å²) in [6.07, 6.45) is -0.975. The molecule has 1 aromatic carbocycles. The molecule has 0 aliphatic carbocycles. The molecule has 1 fully saturated rings. The molecule has 2 rings (SSSR count). The number of hydrogen-bond donors (Lipinski definition) is 0. The Morgan fingerprint density at radius 3 is 2.32 bits per heavy atom. The number of amides is 1. The van der Waals surface area contributed by atoms with Crippen LogP contribution in [0.3, 0.4) is 0 Å². The summed E-state index contributed by atoms with van der Waals surface area (Å²) in [6, 6.07) is 8.15. The second-order valence-electron chi connectivity index (χ2n) is 5.73. The third-order valence-electron chi connectivity index (χ3n) is 2.59. The molecule has 6 nitrogen and oxygen atoms in total. The van der Waals surface area contributed by atoms with E-state index in [4.69, 9.17) is 15.2 Å². The smallest absolute Gasteiger partial charge is 0.632 e. The van der Waals surface area contributed by atoms with E-state index in [1.165, 1.54) is 5.56 Å². The maximum atomic E-state index is 9.90. The van der Waals surface area contributed by atoms with Gasteiger partial charge in [-0.25, -0.2) is 6.54 Å². The molecule has 25 heavy (non-hydrogen) atoms. The Morgan fingerprint density at radius 2 is 1.96 bits per heavy atom. The first-order valence-corrected chi connectivity index (χ1v) is 8.12. The van der Waals surface area contributed by atoms with Gasteiger partial charge in [0.05, 0.1) is 7.11 Å². The van der Waals surface area contributed by atoms with Crippen molar-refractivity contribution in [1.29, 1.82) is 0 Å². The number of methoxy groups -OCH3 is 1. The van der Waals surface area contributed by atoms with Crippen LogP contribution in [0.5, 0.6) is 5.75 Å². The van der Waals surface area contributed by atoms with Crippen molar-refractivity contribution in [2.75, 3.05) is 19.7 Å². The van der Waals surface area contributed by atoms with Crippen LogP contribution in [-0.4, -0.2) is 35.7 Å². The largest absolute Gasteiger partial charge is 2.00 e. The van der Waals surface area contributed by atoms with Gasteiger partial charge in [-0.3, -0.25) is 4.79 Å². The summed E-state index contributed by atoms with van der Waals surface area (Å²) >= 11 is 1.69. The summed E-state index contributed by atoms with van der Waals surface area (Å²) in [6.45, 7) is 8.86. The quantitative estimate of drug-likeness (QED) is 0.368. The summed E-state index contributed by atoms with van der Waals surface area (Å²) in [5.74, 6) is 1.64. The average molecular weight is 629 g/mol. The Balaban J connectivity index is 0. The van der Waals surface area contributed by atoms with Crippen LogP contribution in [0.1, 0.15) is 26.3 Å². The van der Waals surface area contributed by atoms with Gasteiger partial charge < -0.3 is 24.2 Å². The normalized spacial score (nSPS) is 14.1. The van der Waals surface area contributed by atoms with Gasteiger partial charge in [0.25, 0.3) is 0 Å². The van der Waals surface area contributed by atoms with Gasteiger partial charge in [0.15, 0.2) is 0 Å². The van der Waals surface area contributed by atoms with Gasteiger partial charge >= 0.3 is 31.1 Å². The van der Waals surface area contributed by atoms with E-state index in [1.54, 1.807) is 39.8 Å². The molecule has 1 heterocycles. The number of benzene rings is 1. The van der Waals surface area contributed by atoms with Gasteiger partial charge in [0.1, 0.15) is 17.3 Å². The molecule has 1 N–H and O–H groups in total. The number of hydrogen-bond acceptors (Lipinski definition) is 6. The SMILES string of the molecule is CC(C)(C)OC([NH-])=O.COc1ccc(CN2[CH-]COCS2)cc1.[U+2].[V]. The van der Waals surface area contributed by atoms with Crippen molar-refractivity contribution in [3.05, 3.63) is 42.1 Å². The topological polar surface area (TPSA) is 71.8 Å². The number of nitrogens with zero attached hydrogens (tertiary/aromatic N) is 1. The molecule has 0 aromatic heterocycles. The minimum Gasteiger partial charge on any atom is -0.632 e. The number of nitrogens with one attached hydrogen (secondary N) is 1. The Kier molecular flexibility index (Phi) is 15.7. The van der Waals surface area contributed by atoms with Gasteiger partial charge in [-0.15, -0.1) is 0 Å². The van der Waals surface area contributed by atoms with E-state index in [1.807, 2.05) is 12.1 Å². The fourth-order valence-electron chi connectivity index (χ4n) is 1.64. The van der Waals surface area contributed by atoms with Crippen LogP contribution < -0.4 is 4.74 Å². The van der Waals surface area contributed by atoms with Crippen molar-refractivity contribution in [2.24, 2.45) is 0 Å². The fraction of sp³-hybridized carbons (Fsp3) is 0.500.